The maximum atomic E-state index is 10.6. The van der Waals surface area contributed by atoms with E-state index >= 15 is 0 Å². The van der Waals surface area contributed by atoms with E-state index in [4.69, 9.17) is 18.9 Å². The molecule has 3 aromatic carbocycles. The molecule has 174 valence electrons. The second-order valence-corrected chi connectivity index (χ2v) is 7.72. The van der Waals surface area contributed by atoms with Crippen LogP contribution < -0.4 is 18.9 Å². The molecule has 0 radical (unpaired) electrons. The molecule has 2 N–H and O–H groups in total. The van der Waals surface area contributed by atoms with Crippen molar-refractivity contribution in [3.05, 3.63) is 60.2 Å². The molecule has 0 aromatic heterocycles. The van der Waals surface area contributed by atoms with Crippen molar-refractivity contribution in [2.45, 2.75) is 20.3 Å². The quantitative estimate of drug-likeness (QED) is 0.299. The van der Waals surface area contributed by atoms with Gasteiger partial charge in [0, 0.05) is 5.56 Å². The van der Waals surface area contributed by atoms with Crippen LogP contribution in [0, 0.1) is 0 Å². The number of phenols is 2. The molecule has 3 rings (SSSR count). The van der Waals surface area contributed by atoms with Crippen LogP contribution in [0.1, 0.15) is 20.3 Å². The lowest BCUT2D eigenvalue weighted by Gasteiger charge is -2.20. The van der Waals surface area contributed by atoms with E-state index in [9.17, 15) is 10.2 Å². The lowest BCUT2D eigenvalue weighted by atomic mass is 9.96. The molecular weight excluding hydrogens is 420 g/mol. The van der Waals surface area contributed by atoms with Gasteiger partial charge in [0.05, 0.1) is 33.5 Å². The summed E-state index contributed by atoms with van der Waals surface area (Å²) in [6.07, 6.45) is 2.85. The van der Waals surface area contributed by atoms with Crippen molar-refractivity contribution in [3.8, 4) is 56.8 Å². The van der Waals surface area contributed by atoms with Crippen LogP contribution >= 0.6 is 0 Å². The lowest BCUT2D eigenvalue weighted by Crippen LogP contribution is -2.00. The Kier molecular flexibility index (Phi) is 7.72. The third-order valence-corrected chi connectivity index (χ3v) is 5.18. The summed E-state index contributed by atoms with van der Waals surface area (Å²) in [5.41, 5.74) is 4.13. The van der Waals surface area contributed by atoms with E-state index in [0.29, 0.717) is 40.7 Å². The third kappa shape index (κ3) is 5.34. The minimum Gasteiger partial charge on any atom is -0.508 e. The Bertz CT molecular complexity index is 1130. The Morgan fingerprint density at radius 1 is 0.788 bits per heavy atom. The average molecular weight is 451 g/mol. The molecule has 0 aliphatic heterocycles. The molecule has 33 heavy (non-hydrogen) atoms. The first-order valence-electron chi connectivity index (χ1n) is 10.6. The van der Waals surface area contributed by atoms with Gasteiger partial charge in [0.25, 0.3) is 0 Å². The third-order valence-electron chi connectivity index (χ3n) is 5.18. The number of methoxy groups -OCH3 is 3. The number of phenolic OH excluding ortho intramolecular Hbond substituents is 2. The zero-order valence-electron chi connectivity index (χ0n) is 19.6. The molecule has 0 amide bonds. The second-order valence-electron chi connectivity index (χ2n) is 7.72. The molecule has 6 heteroatoms. The van der Waals surface area contributed by atoms with Gasteiger partial charge in [-0.25, -0.2) is 0 Å². The molecule has 0 spiro atoms. The highest BCUT2D eigenvalue weighted by atomic mass is 16.5. The van der Waals surface area contributed by atoms with Gasteiger partial charge in [-0.1, -0.05) is 29.8 Å². The summed E-state index contributed by atoms with van der Waals surface area (Å²) < 4.78 is 22.9. The Labute approximate surface area is 194 Å². The van der Waals surface area contributed by atoms with E-state index in [1.807, 2.05) is 26.0 Å². The highest BCUT2D eigenvalue weighted by molar-refractivity contribution is 5.88. The van der Waals surface area contributed by atoms with Crippen molar-refractivity contribution in [3.63, 3.8) is 0 Å². The van der Waals surface area contributed by atoms with Gasteiger partial charge in [-0.15, -0.1) is 0 Å². The molecule has 0 unspecified atom stereocenters. The van der Waals surface area contributed by atoms with Crippen LogP contribution in [0.4, 0.5) is 0 Å². The average Bonchev–Trinajstić information content (AvgIpc) is 2.81. The van der Waals surface area contributed by atoms with Gasteiger partial charge in [0.2, 0.25) is 0 Å². The smallest absolute Gasteiger partial charge is 0.172 e. The van der Waals surface area contributed by atoms with Crippen LogP contribution in [-0.2, 0) is 0 Å². The fraction of sp³-hybridized carbons (Fsp3) is 0.259. The summed E-state index contributed by atoms with van der Waals surface area (Å²) >= 11 is 0. The molecule has 0 heterocycles. The lowest BCUT2D eigenvalue weighted by molar-refractivity contribution is 0.305. The van der Waals surface area contributed by atoms with Crippen LogP contribution in [0.3, 0.4) is 0 Å². The normalized spacial score (nSPS) is 10.5. The maximum absolute atomic E-state index is 10.6. The maximum Gasteiger partial charge on any atom is 0.172 e. The zero-order chi connectivity index (χ0) is 24.0. The van der Waals surface area contributed by atoms with Gasteiger partial charge in [-0.05, 0) is 61.7 Å². The number of hydrogen-bond acceptors (Lipinski definition) is 6. The first kappa shape index (κ1) is 23.9. The molecular formula is C27H30O6. The summed E-state index contributed by atoms with van der Waals surface area (Å²) in [6, 6.07) is 13.8. The van der Waals surface area contributed by atoms with Crippen LogP contribution in [-0.4, -0.2) is 38.1 Å². The van der Waals surface area contributed by atoms with Gasteiger partial charge in [0.15, 0.2) is 23.0 Å². The van der Waals surface area contributed by atoms with Gasteiger partial charge < -0.3 is 29.2 Å². The van der Waals surface area contributed by atoms with Crippen molar-refractivity contribution in [1.82, 2.24) is 0 Å². The second kappa shape index (κ2) is 10.7. The van der Waals surface area contributed by atoms with E-state index in [1.54, 1.807) is 57.7 Å². The summed E-state index contributed by atoms with van der Waals surface area (Å²) in [4.78, 5) is 0. The van der Waals surface area contributed by atoms with Crippen molar-refractivity contribution in [1.29, 1.82) is 0 Å². The minimum atomic E-state index is 0.0235. The molecule has 0 fully saturated rings. The van der Waals surface area contributed by atoms with E-state index < -0.39 is 0 Å². The predicted molar refractivity (Wildman–Crippen MR) is 130 cm³/mol. The SMILES string of the molecule is COc1cc(-c2ccc(O)cc2)c(OC)c(OC)c1-c1ccc(OCCC=C(C)C)c(O)c1. The number of allylic oxidation sites excluding steroid dienone is 1. The van der Waals surface area contributed by atoms with Crippen molar-refractivity contribution in [2.75, 3.05) is 27.9 Å². The zero-order valence-corrected chi connectivity index (χ0v) is 19.6. The van der Waals surface area contributed by atoms with Crippen LogP contribution in [0.5, 0.6) is 34.5 Å². The first-order chi connectivity index (χ1) is 15.9. The van der Waals surface area contributed by atoms with E-state index in [1.165, 1.54) is 5.57 Å². The highest BCUT2D eigenvalue weighted by Crippen LogP contribution is 2.51. The largest absolute Gasteiger partial charge is 0.508 e. The summed E-state index contributed by atoms with van der Waals surface area (Å²) in [7, 11) is 4.70. The fourth-order valence-electron chi connectivity index (χ4n) is 3.62. The van der Waals surface area contributed by atoms with Gasteiger partial charge in [-0.2, -0.15) is 0 Å². The Morgan fingerprint density at radius 2 is 1.45 bits per heavy atom. The van der Waals surface area contributed by atoms with Gasteiger partial charge >= 0.3 is 0 Å². The molecule has 0 bridgehead atoms. The molecule has 0 saturated heterocycles. The van der Waals surface area contributed by atoms with Gasteiger partial charge in [-0.3, -0.25) is 0 Å². The Balaban J connectivity index is 2.06. The topological polar surface area (TPSA) is 77.4 Å². The van der Waals surface area contributed by atoms with Crippen molar-refractivity contribution >= 4 is 0 Å². The molecule has 0 saturated carbocycles. The standard InChI is InChI=1S/C27H30O6/c1-17(2)7-6-14-33-23-13-10-19(15-22(23)29)25-24(30-3)16-21(26(31-4)27(25)32-5)18-8-11-20(28)12-9-18/h7-13,15-16,28-29H,6,14H2,1-5H3. The van der Waals surface area contributed by atoms with Crippen LogP contribution in [0.2, 0.25) is 0 Å². The Morgan fingerprint density at radius 3 is 2.03 bits per heavy atom. The van der Waals surface area contributed by atoms with Crippen LogP contribution in [0.25, 0.3) is 22.3 Å². The minimum absolute atomic E-state index is 0.0235. The fourth-order valence-corrected chi connectivity index (χ4v) is 3.62. The molecule has 0 aliphatic rings. The van der Waals surface area contributed by atoms with E-state index in [-0.39, 0.29) is 11.5 Å². The Hall–Kier alpha value is -3.80. The van der Waals surface area contributed by atoms with Crippen molar-refractivity contribution < 1.29 is 29.2 Å². The van der Waals surface area contributed by atoms with Crippen molar-refractivity contribution in [2.24, 2.45) is 0 Å². The first-order valence-corrected chi connectivity index (χ1v) is 10.6. The van der Waals surface area contributed by atoms with E-state index in [2.05, 4.69) is 6.08 Å². The number of rotatable bonds is 9. The van der Waals surface area contributed by atoms with E-state index in [0.717, 1.165) is 17.5 Å². The molecule has 3 aromatic rings. The van der Waals surface area contributed by atoms with Gasteiger partial charge in [0.1, 0.15) is 11.5 Å². The highest BCUT2D eigenvalue weighted by Gasteiger charge is 2.23. The summed E-state index contributed by atoms with van der Waals surface area (Å²) in [5, 5.41) is 20.2. The predicted octanol–water partition coefficient (Wildman–Crippen LogP) is 6.19. The number of ether oxygens (including phenoxy) is 4. The molecule has 6 nitrogen and oxygen atoms in total. The number of aromatic hydroxyl groups is 2. The number of hydrogen-bond donors (Lipinski definition) is 2. The molecule has 0 atom stereocenters. The monoisotopic (exact) mass is 450 g/mol. The summed E-state index contributed by atoms with van der Waals surface area (Å²) in [5.74, 6) is 2.14. The van der Waals surface area contributed by atoms with Crippen LogP contribution in [0.15, 0.2) is 60.2 Å². The molecule has 0 aliphatic carbocycles. The summed E-state index contributed by atoms with van der Waals surface area (Å²) in [6.45, 7) is 4.54. The number of benzene rings is 3.